The topological polar surface area (TPSA) is 72.8 Å². The Labute approximate surface area is 173 Å². The zero-order valence-corrected chi connectivity index (χ0v) is 18.2. The van der Waals surface area contributed by atoms with Gasteiger partial charge in [-0.15, -0.1) is 0 Å². The molecule has 0 aliphatic heterocycles. The maximum atomic E-state index is 12.9. The SMILES string of the molecule is COCC(=O)[C@@]1(O)CC[C@H]2[C@@H]3C[C@H](C)C4=CC(=O)C=C[C@]4(C)[C@H]3[C@@H](OC)C[C@@]21C. The van der Waals surface area contributed by atoms with Crippen molar-refractivity contribution in [2.45, 2.75) is 58.2 Å². The fourth-order valence-corrected chi connectivity index (χ4v) is 7.65. The van der Waals surface area contributed by atoms with Crippen LogP contribution >= 0.6 is 0 Å². The van der Waals surface area contributed by atoms with Crippen molar-refractivity contribution in [3.05, 3.63) is 23.8 Å². The second-order valence-corrected chi connectivity index (χ2v) is 10.2. The lowest BCUT2D eigenvalue weighted by Gasteiger charge is -2.61. The summed E-state index contributed by atoms with van der Waals surface area (Å²) in [6.45, 7) is 6.47. The van der Waals surface area contributed by atoms with E-state index in [-0.39, 0.29) is 41.5 Å². The Balaban J connectivity index is 1.78. The molecule has 0 bridgehead atoms. The number of aliphatic hydroxyl groups is 1. The third kappa shape index (κ3) is 2.70. The van der Waals surface area contributed by atoms with Gasteiger partial charge < -0.3 is 14.6 Å². The molecule has 0 unspecified atom stereocenters. The van der Waals surface area contributed by atoms with Gasteiger partial charge in [0.2, 0.25) is 0 Å². The van der Waals surface area contributed by atoms with Gasteiger partial charge in [-0.2, -0.15) is 0 Å². The van der Waals surface area contributed by atoms with Gasteiger partial charge in [-0.25, -0.2) is 0 Å². The van der Waals surface area contributed by atoms with Gasteiger partial charge in [0.05, 0.1) is 6.10 Å². The van der Waals surface area contributed by atoms with Crippen LogP contribution in [-0.2, 0) is 19.1 Å². The van der Waals surface area contributed by atoms with Crippen LogP contribution in [0.5, 0.6) is 0 Å². The van der Waals surface area contributed by atoms with Gasteiger partial charge in [0.25, 0.3) is 0 Å². The Morgan fingerprint density at radius 1 is 1.31 bits per heavy atom. The number of hydrogen-bond donors (Lipinski definition) is 1. The van der Waals surface area contributed by atoms with Crippen molar-refractivity contribution in [2.24, 2.45) is 34.5 Å². The second-order valence-electron chi connectivity index (χ2n) is 10.2. The molecule has 8 atom stereocenters. The normalized spacial score (nSPS) is 48.6. The van der Waals surface area contributed by atoms with E-state index in [1.54, 1.807) is 13.2 Å². The van der Waals surface area contributed by atoms with Crippen LogP contribution < -0.4 is 0 Å². The molecule has 5 heteroatoms. The molecule has 0 aromatic heterocycles. The Morgan fingerprint density at radius 2 is 2.03 bits per heavy atom. The highest BCUT2D eigenvalue weighted by Crippen LogP contribution is 2.68. The number of allylic oxidation sites excluding steroid dienone is 4. The smallest absolute Gasteiger partial charge is 0.190 e. The predicted octanol–water partition coefficient (Wildman–Crippen LogP) is 3.11. The highest BCUT2D eigenvalue weighted by Gasteiger charge is 2.68. The lowest BCUT2D eigenvalue weighted by atomic mass is 9.44. The van der Waals surface area contributed by atoms with Crippen LogP contribution in [0.1, 0.15) is 46.5 Å². The molecular formula is C24H34O5. The highest BCUT2D eigenvalue weighted by molar-refractivity contribution is 6.01. The highest BCUT2D eigenvalue weighted by atomic mass is 16.5. The van der Waals surface area contributed by atoms with Gasteiger partial charge in [-0.3, -0.25) is 9.59 Å². The van der Waals surface area contributed by atoms with Crippen molar-refractivity contribution in [2.75, 3.05) is 20.8 Å². The molecule has 3 saturated carbocycles. The summed E-state index contributed by atoms with van der Waals surface area (Å²) in [6, 6.07) is 0. The number of hydrogen-bond acceptors (Lipinski definition) is 5. The molecule has 29 heavy (non-hydrogen) atoms. The van der Waals surface area contributed by atoms with Crippen LogP contribution in [0.3, 0.4) is 0 Å². The minimum atomic E-state index is -1.37. The van der Waals surface area contributed by atoms with Crippen molar-refractivity contribution in [3.63, 3.8) is 0 Å². The number of methoxy groups -OCH3 is 2. The molecule has 4 aliphatic rings. The number of Topliss-reactive ketones (excluding diaryl/α,β-unsaturated/α-hetero) is 1. The Bertz CT molecular complexity index is 784. The molecule has 1 N–H and O–H groups in total. The van der Waals surface area contributed by atoms with E-state index in [0.717, 1.165) is 12.8 Å². The van der Waals surface area contributed by atoms with E-state index in [4.69, 9.17) is 9.47 Å². The van der Waals surface area contributed by atoms with Crippen LogP contribution in [0, 0.1) is 34.5 Å². The molecule has 0 spiro atoms. The minimum absolute atomic E-state index is 0.0591. The van der Waals surface area contributed by atoms with Crippen molar-refractivity contribution in [3.8, 4) is 0 Å². The third-order valence-corrected chi connectivity index (χ3v) is 8.99. The van der Waals surface area contributed by atoms with E-state index in [0.29, 0.717) is 24.7 Å². The van der Waals surface area contributed by atoms with Gasteiger partial charge in [-0.1, -0.05) is 32.4 Å². The van der Waals surface area contributed by atoms with Gasteiger partial charge in [0.1, 0.15) is 12.2 Å². The molecule has 0 aromatic carbocycles. The zero-order valence-electron chi connectivity index (χ0n) is 18.2. The van der Waals surface area contributed by atoms with Crippen molar-refractivity contribution < 1.29 is 24.2 Å². The van der Waals surface area contributed by atoms with Crippen LogP contribution in [0.25, 0.3) is 0 Å². The Kier molecular flexibility index (Phi) is 4.96. The molecule has 3 fully saturated rings. The number of carbonyl (C=O) groups excluding carboxylic acids is 2. The summed E-state index contributed by atoms with van der Waals surface area (Å²) >= 11 is 0. The first-order chi connectivity index (χ1) is 13.6. The number of fused-ring (bicyclic) bond motifs is 5. The standard InChI is InChI=1S/C24H34O5/c1-14-10-16-17-7-9-24(27,20(26)13-28-4)23(17,3)12-19(29-5)21(16)22(2)8-6-15(25)11-18(14)22/h6,8,11,14,16-17,19,21,27H,7,9-10,12-13H2,1-5H3/t14-,16-,17-,19-,21+,22-,23-,24-/m0/s1. The van der Waals surface area contributed by atoms with Crippen molar-refractivity contribution in [1.82, 2.24) is 0 Å². The van der Waals surface area contributed by atoms with Crippen molar-refractivity contribution in [1.29, 1.82) is 0 Å². The average Bonchev–Trinajstić information content (AvgIpc) is 2.95. The largest absolute Gasteiger partial charge is 0.381 e. The van der Waals surface area contributed by atoms with E-state index in [1.807, 2.05) is 6.08 Å². The predicted molar refractivity (Wildman–Crippen MR) is 109 cm³/mol. The summed E-state index contributed by atoms with van der Waals surface area (Å²) in [7, 11) is 3.23. The lowest BCUT2D eigenvalue weighted by Crippen LogP contribution is -2.62. The lowest BCUT2D eigenvalue weighted by molar-refractivity contribution is -0.185. The Hall–Kier alpha value is -1.30. The summed E-state index contributed by atoms with van der Waals surface area (Å²) in [6.07, 6.45) is 8.45. The van der Waals surface area contributed by atoms with Gasteiger partial charge in [-0.05, 0) is 55.6 Å². The maximum absolute atomic E-state index is 12.9. The van der Waals surface area contributed by atoms with E-state index < -0.39 is 11.0 Å². The Morgan fingerprint density at radius 3 is 2.69 bits per heavy atom. The first-order valence-electron chi connectivity index (χ1n) is 10.8. The zero-order chi connectivity index (χ0) is 21.2. The van der Waals surface area contributed by atoms with Crippen LogP contribution in [0.15, 0.2) is 23.8 Å². The molecule has 0 heterocycles. The number of rotatable bonds is 4. The molecular weight excluding hydrogens is 368 g/mol. The van der Waals surface area contributed by atoms with E-state index in [9.17, 15) is 14.7 Å². The van der Waals surface area contributed by atoms with E-state index >= 15 is 0 Å². The van der Waals surface area contributed by atoms with Crippen molar-refractivity contribution >= 4 is 11.6 Å². The van der Waals surface area contributed by atoms with Crippen LogP contribution in [0.2, 0.25) is 0 Å². The molecule has 0 aromatic rings. The number of ketones is 2. The molecule has 160 valence electrons. The average molecular weight is 403 g/mol. The fraction of sp³-hybridized carbons (Fsp3) is 0.750. The summed E-state index contributed by atoms with van der Waals surface area (Å²) in [5.74, 6) is 0.958. The first kappa shape index (κ1) is 21.0. The van der Waals surface area contributed by atoms with Crippen LogP contribution in [-0.4, -0.2) is 49.2 Å². The maximum Gasteiger partial charge on any atom is 0.190 e. The quantitative estimate of drug-likeness (QED) is 0.782. The third-order valence-electron chi connectivity index (χ3n) is 8.99. The molecule has 0 amide bonds. The van der Waals surface area contributed by atoms with Gasteiger partial charge in [0, 0.05) is 31.0 Å². The molecule has 4 rings (SSSR count). The second kappa shape index (κ2) is 6.86. The monoisotopic (exact) mass is 402 g/mol. The summed E-state index contributed by atoms with van der Waals surface area (Å²) in [5.41, 5.74) is -0.917. The van der Waals surface area contributed by atoms with E-state index in [2.05, 4.69) is 26.8 Å². The first-order valence-corrected chi connectivity index (χ1v) is 10.8. The van der Waals surface area contributed by atoms with Gasteiger partial charge >= 0.3 is 0 Å². The summed E-state index contributed by atoms with van der Waals surface area (Å²) in [5, 5.41) is 11.6. The number of carbonyl (C=O) groups is 2. The van der Waals surface area contributed by atoms with Gasteiger partial charge in [0.15, 0.2) is 11.6 Å². The molecule has 0 radical (unpaired) electrons. The fourth-order valence-electron chi connectivity index (χ4n) is 7.65. The summed E-state index contributed by atoms with van der Waals surface area (Å²) < 4.78 is 11.1. The van der Waals surface area contributed by atoms with Crippen LogP contribution in [0.4, 0.5) is 0 Å². The molecule has 0 saturated heterocycles. The molecule has 4 aliphatic carbocycles. The number of ether oxygens (including phenoxy) is 2. The molecule has 5 nitrogen and oxygen atoms in total. The summed E-state index contributed by atoms with van der Waals surface area (Å²) in [4.78, 5) is 25.0. The van der Waals surface area contributed by atoms with E-state index in [1.165, 1.54) is 12.7 Å². The minimum Gasteiger partial charge on any atom is -0.381 e.